The number of aryl methyl sites for hydroxylation is 1. The van der Waals surface area contributed by atoms with E-state index in [1.54, 1.807) is 18.9 Å². The quantitative estimate of drug-likeness (QED) is 0.760. The highest BCUT2D eigenvalue weighted by molar-refractivity contribution is 5.94. The molecule has 0 radical (unpaired) electrons. The van der Waals surface area contributed by atoms with Gasteiger partial charge in [-0.25, -0.2) is 0 Å². The van der Waals surface area contributed by atoms with Crippen molar-refractivity contribution in [2.75, 3.05) is 26.8 Å². The number of rotatable bonds is 3. The number of aromatic amines is 1. The fourth-order valence-electron chi connectivity index (χ4n) is 3.52. The Morgan fingerprint density at radius 2 is 1.96 bits per heavy atom. The zero-order valence-corrected chi connectivity index (χ0v) is 15.9. The third kappa shape index (κ3) is 3.51. The average molecular weight is 378 g/mol. The van der Waals surface area contributed by atoms with Crippen molar-refractivity contribution in [2.24, 2.45) is 0 Å². The van der Waals surface area contributed by atoms with Crippen LogP contribution in [0.3, 0.4) is 0 Å². The van der Waals surface area contributed by atoms with Gasteiger partial charge in [0, 0.05) is 24.5 Å². The Kier molecular flexibility index (Phi) is 4.88. The molecule has 1 fully saturated rings. The SMILES string of the molecule is COc1ccc2cc(C3CN(C(=O)c4c[nH]c(C)cc4=O)CCO3)ccc2c1. The van der Waals surface area contributed by atoms with Crippen molar-refractivity contribution in [3.05, 3.63) is 75.7 Å². The summed E-state index contributed by atoms with van der Waals surface area (Å²) in [5.41, 5.74) is 1.64. The first-order valence-corrected chi connectivity index (χ1v) is 9.23. The maximum absolute atomic E-state index is 12.8. The van der Waals surface area contributed by atoms with Crippen molar-refractivity contribution in [3.63, 3.8) is 0 Å². The first-order valence-electron chi connectivity index (χ1n) is 9.23. The Labute approximate surface area is 162 Å². The van der Waals surface area contributed by atoms with Gasteiger partial charge >= 0.3 is 0 Å². The molecule has 0 aliphatic carbocycles. The number of benzene rings is 2. The third-order valence-electron chi connectivity index (χ3n) is 5.08. The van der Waals surface area contributed by atoms with Crippen LogP contribution in [0.25, 0.3) is 10.8 Å². The molecule has 3 aromatic rings. The lowest BCUT2D eigenvalue weighted by Crippen LogP contribution is -2.43. The number of hydrogen-bond donors (Lipinski definition) is 1. The minimum atomic E-state index is -0.264. The van der Waals surface area contributed by atoms with Gasteiger partial charge in [0.05, 0.1) is 20.3 Å². The van der Waals surface area contributed by atoms with Crippen molar-refractivity contribution in [2.45, 2.75) is 13.0 Å². The molecule has 1 N–H and O–H groups in total. The van der Waals surface area contributed by atoms with Gasteiger partial charge in [-0.3, -0.25) is 9.59 Å². The number of carbonyl (C=O) groups is 1. The summed E-state index contributed by atoms with van der Waals surface area (Å²) in [7, 11) is 1.65. The van der Waals surface area contributed by atoms with E-state index in [0.29, 0.717) is 19.7 Å². The molecule has 0 spiro atoms. The van der Waals surface area contributed by atoms with Crippen LogP contribution in [-0.4, -0.2) is 42.6 Å². The molecule has 2 heterocycles. The van der Waals surface area contributed by atoms with E-state index < -0.39 is 0 Å². The molecule has 1 amide bonds. The van der Waals surface area contributed by atoms with Crippen molar-refractivity contribution >= 4 is 16.7 Å². The Morgan fingerprint density at radius 1 is 1.18 bits per heavy atom. The van der Waals surface area contributed by atoms with Crippen LogP contribution in [0.4, 0.5) is 0 Å². The van der Waals surface area contributed by atoms with Crippen LogP contribution < -0.4 is 10.2 Å². The molecule has 1 aliphatic heterocycles. The van der Waals surface area contributed by atoms with Crippen molar-refractivity contribution in [1.29, 1.82) is 0 Å². The fraction of sp³-hybridized carbons (Fsp3) is 0.273. The zero-order valence-electron chi connectivity index (χ0n) is 15.9. The first-order chi connectivity index (χ1) is 13.5. The number of amides is 1. The van der Waals surface area contributed by atoms with Crippen molar-refractivity contribution in [1.82, 2.24) is 9.88 Å². The van der Waals surface area contributed by atoms with Crippen LogP contribution in [0, 0.1) is 6.92 Å². The Bertz CT molecular complexity index is 1090. The molecule has 1 atom stereocenters. The molecule has 4 rings (SSSR count). The molecule has 6 heteroatoms. The minimum absolute atomic E-state index is 0.164. The van der Waals surface area contributed by atoms with E-state index >= 15 is 0 Å². The van der Waals surface area contributed by atoms with Crippen molar-refractivity contribution in [3.8, 4) is 5.75 Å². The van der Waals surface area contributed by atoms with E-state index in [1.165, 1.54) is 12.3 Å². The molecule has 1 aromatic heterocycles. The number of fused-ring (bicyclic) bond motifs is 1. The van der Waals surface area contributed by atoms with Gasteiger partial charge in [-0.1, -0.05) is 18.2 Å². The first kappa shape index (κ1) is 18.3. The molecule has 1 aliphatic rings. The Hall–Kier alpha value is -3.12. The van der Waals surface area contributed by atoms with Gasteiger partial charge < -0.3 is 19.4 Å². The Balaban J connectivity index is 1.57. The molecule has 28 heavy (non-hydrogen) atoms. The van der Waals surface area contributed by atoms with Crippen LogP contribution in [0.1, 0.15) is 27.7 Å². The maximum Gasteiger partial charge on any atom is 0.259 e. The highest BCUT2D eigenvalue weighted by Crippen LogP contribution is 2.28. The van der Waals surface area contributed by atoms with Gasteiger partial charge in [-0.05, 0) is 41.5 Å². The fourth-order valence-corrected chi connectivity index (χ4v) is 3.52. The average Bonchev–Trinajstić information content (AvgIpc) is 2.72. The number of nitrogens with one attached hydrogen (secondary N) is 1. The number of morpholine rings is 1. The van der Waals surface area contributed by atoms with Gasteiger partial charge in [-0.15, -0.1) is 0 Å². The number of H-pyrrole nitrogens is 1. The van der Waals surface area contributed by atoms with E-state index in [0.717, 1.165) is 27.8 Å². The monoisotopic (exact) mass is 378 g/mol. The van der Waals surface area contributed by atoms with Gasteiger partial charge in [-0.2, -0.15) is 0 Å². The van der Waals surface area contributed by atoms with Gasteiger partial charge in [0.2, 0.25) is 0 Å². The molecule has 1 saturated heterocycles. The summed E-state index contributed by atoms with van der Waals surface area (Å²) in [4.78, 5) is 29.6. The highest BCUT2D eigenvalue weighted by Gasteiger charge is 2.27. The highest BCUT2D eigenvalue weighted by atomic mass is 16.5. The predicted molar refractivity (Wildman–Crippen MR) is 107 cm³/mol. The van der Waals surface area contributed by atoms with E-state index in [4.69, 9.17) is 9.47 Å². The summed E-state index contributed by atoms with van der Waals surface area (Å²) in [6, 6.07) is 13.5. The smallest absolute Gasteiger partial charge is 0.259 e. The number of carbonyl (C=O) groups excluding carboxylic acids is 1. The lowest BCUT2D eigenvalue weighted by atomic mass is 10.0. The summed E-state index contributed by atoms with van der Waals surface area (Å²) in [5, 5.41) is 2.17. The van der Waals surface area contributed by atoms with E-state index in [2.05, 4.69) is 11.1 Å². The topological polar surface area (TPSA) is 71.6 Å². The second-order valence-corrected chi connectivity index (χ2v) is 6.98. The molecule has 0 bridgehead atoms. The molecule has 2 aromatic carbocycles. The van der Waals surface area contributed by atoms with Gasteiger partial charge in [0.25, 0.3) is 5.91 Å². The number of aromatic nitrogens is 1. The summed E-state index contributed by atoms with van der Waals surface area (Å²) >= 11 is 0. The van der Waals surface area contributed by atoms with E-state index in [-0.39, 0.29) is 23.0 Å². The van der Waals surface area contributed by atoms with E-state index in [9.17, 15) is 9.59 Å². The number of hydrogen-bond acceptors (Lipinski definition) is 4. The predicted octanol–water partition coefficient (Wildman–Crippen LogP) is 3.06. The lowest BCUT2D eigenvalue weighted by molar-refractivity contribution is -0.0228. The standard InChI is InChI=1S/C22H22N2O4/c1-14-9-20(25)19(12-23-14)22(26)24-7-8-28-21(13-24)17-4-3-16-11-18(27-2)6-5-15(16)10-17/h3-6,9-12,21H,7-8,13H2,1-2H3,(H,23,25). The summed E-state index contributed by atoms with van der Waals surface area (Å²) in [6.07, 6.45) is 1.27. The molecular formula is C22H22N2O4. The zero-order chi connectivity index (χ0) is 19.7. The summed E-state index contributed by atoms with van der Waals surface area (Å²) < 4.78 is 11.2. The molecule has 0 saturated carbocycles. The lowest BCUT2D eigenvalue weighted by Gasteiger charge is -2.33. The number of ether oxygens (including phenoxy) is 2. The summed E-state index contributed by atoms with van der Waals surface area (Å²) in [5.74, 6) is 0.550. The second-order valence-electron chi connectivity index (χ2n) is 6.98. The van der Waals surface area contributed by atoms with Crippen LogP contribution in [0.2, 0.25) is 0 Å². The number of methoxy groups -OCH3 is 1. The third-order valence-corrected chi connectivity index (χ3v) is 5.08. The van der Waals surface area contributed by atoms with Crippen LogP contribution in [-0.2, 0) is 4.74 Å². The van der Waals surface area contributed by atoms with Crippen molar-refractivity contribution < 1.29 is 14.3 Å². The van der Waals surface area contributed by atoms with Gasteiger partial charge in [0.15, 0.2) is 5.43 Å². The Morgan fingerprint density at radius 3 is 2.75 bits per heavy atom. The number of pyridine rings is 1. The normalized spacial score (nSPS) is 16.9. The number of nitrogens with zero attached hydrogens (tertiary/aromatic N) is 1. The largest absolute Gasteiger partial charge is 0.497 e. The molecule has 6 nitrogen and oxygen atoms in total. The van der Waals surface area contributed by atoms with Crippen LogP contribution in [0.15, 0.2) is 53.5 Å². The summed E-state index contributed by atoms with van der Waals surface area (Å²) in [6.45, 7) is 3.10. The van der Waals surface area contributed by atoms with E-state index in [1.807, 2.05) is 30.3 Å². The second kappa shape index (κ2) is 7.48. The minimum Gasteiger partial charge on any atom is -0.497 e. The van der Waals surface area contributed by atoms with Crippen LogP contribution >= 0.6 is 0 Å². The maximum atomic E-state index is 12.8. The van der Waals surface area contributed by atoms with Gasteiger partial charge in [0.1, 0.15) is 17.4 Å². The molecule has 144 valence electrons. The molecule has 1 unspecified atom stereocenters. The van der Waals surface area contributed by atoms with Crippen LogP contribution in [0.5, 0.6) is 5.75 Å². The molecular weight excluding hydrogens is 356 g/mol.